The Morgan fingerprint density at radius 2 is 1.81 bits per heavy atom. The molecule has 1 unspecified atom stereocenters. The molecule has 118 valence electrons. The minimum Gasteiger partial charge on any atom is -0.399 e. The van der Waals surface area contributed by atoms with E-state index < -0.39 is 25.9 Å². The number of nitrogen functional groups attached to an aromatic ring is 1. The number of sulfone groups is 1. The first-order valence-electron chi connectivity index (χ1n) is 6.01. The quantitative estimate of drug-likeness (QED) is 0.790. The lowest BCUT2D eigenvalue weighted by Gasteiger charge is -2.32. The highest BCUT2D eigenvalue weighted by molar-refractivity contribution is 7.92. The first-order chi connectivity index (χ1) is 9.54. The number of hydrogen-bond donors (Lipinski definition) is 1. The zero-order valence-corrected chi connectivity index (χ0v) is 14.2. The van der Waals surface area contributed by atoms with Crippen LogP contribution in [0.2, 0.25) is 10.0 Å². The van der Waals surface area contributed by atoms with Gasteiger partial charge in [-0.05, 0) is 19.1 Å². The minimum atomic E-state index is -3.99. The fraction of sp³-hybridized carbons (Fsp3) is 0.455. The minimum absolute atomic E-state index is 0.0827. The van der Waals surface area contributed by atoms with Crippen molar-refractivity contribution in [2.45, 2.75) is 17.9 Å². The van der Waals surface area contributed by atoms with Crippen LogP contribution in [-0.4, -0.2) is 45.2 Å². The fourth-order valence-corrected chi connectivity index (χ4v) is 6.86. The number of rotatable bonds is 2. The predicted octanol–water partition coefficient (Wildman–Crippen LogP) is 1.38. The summed E-state index contributed by atoms with van der Waals surface area (Å²) in [6.45, 7) is 1.41. The van der Waals surface area contributed by atoms with Crippen molar-refractivity contribution in [1.82, 2.24) is 4.31 Å². The molecule has 1 atom stereocenters. The highest BCUT2D eigenvalue weighted by Crippen LogP contribution is 2.35. The van der Waals surface area contributed by atoms with Crippen LogP contribution >= 0.6 is 23.2 Å². The molecule has 0 spiro atoms. The smallest absolute Gasteiger partial charge is 0.246 e. The van der Waals surface area contributed by atoms with Crippen molar-refractivity contribution in [3.8, 4) is 0 Å². The fourth-order valence-electron chi connectivity index (χ4n) is 2.28. The summed E-state index contributed by atoms with van der Waals surface area (Å²) in [4.78, 5) is -0.244. The number of nitrogens with two attached hydrogens (primary N) is 1. The Balaban J connectivity index is 2.49. The summed E-state index contributed by atoms with van der Waals surface area (Å²) in [5.41, 5.74) is 5.80. The maximum absolute atomic E-state index is 12.7. The van der Waals surface area contributed by atoms with Gasteiger partial charge in [-0.1, -0.05) is 23.2 Å². The topological polar surface area (TPSA) is 97.5 Å². The molecule has 1 aliphatic heterocycles. The van der Waals surface area contributed by atoms with Crippen LogP contribution in [0, 0.1) is 0 Å². The Hall–Kier alpha value is -0.540. The third-order valence-electron chi connectivity index (χ3n) is 3.20. The molecule has 1 heterocycles. The van der Waals surface area contributed by atoms with Crippen LogP contribution in [-0.2, 0) is 19.9 Å². The maximum Gasteiger partial charge on any atom is 0.246 e. The summed E-state index contributed by atoms with van der Waals surface area (Å²) in [5.74, 6) is -0.447. The van der Waals surface area contributed by atoms with Gasteiger partial charge in [0.25, 0.3) is 0 Å². The number of benzene rings is 1. The Morgan fingerprint density at radius 1 is 1.29 bits per heavy atom. The molecule has 0 radical (unpaired) electrons. The van der Waals surface area contributed by atoms with E-state index in [1.807, 2.05) is 0 Å². The Bertz CT molecular complexity index is 754. The summed E-state index contributed by atoms with van der Waals surface area (Å²) in [6, 6.07) is 1.91. The van der Waals surface area contributed by atoms with E-state index in [2.05, 4.69) is 0 Å². The molecule has 6 nitrogen and oxygen atoms in total. The maximum atomic E-state index is 12.7. The molecule has 1 aliphatic rings. The molecule has 2 N–H and O–H groups in total. The number of sulfonamides is 1. The van der Waals surface area contributed by atoms with Gasteiger partial charge in [-0.15, -0.1) is 0 Å². The summed E-state index contributed by atoms with van der Waals surface area (Å²) in [5, 5.41) is -0.165. The summed E-state index contributed by atoms with van der Waals surface area (Å²) in [7, 11) is -7.22. The van der Waals surface area contributed by atoms with Gasteiger partial charge in [0.15, 0.2) is 9.84 Å². The normalized spacial score (nSPS) is 23.1. The standard InChI is InChI=1S/C11H14Cl2N2O4S2/c1-7-6-20(16,17)3-2-15(7)21(18,19)11-9(12)4-8(14)5-10(11)13/h4-5,7H,2-3,6,14H2,1H3. The molecule has 1 saturated heterocycles. The van der Waals surface area contributed by atoms with Gasteiger partial charge in [0.2, 0.25) is 10.0 Å². The summed E-state index contributed by atoms with van der Waals surface area (Å²) in [6.07, 6.45) is 0. The lowest BCUT2D eigenvalue weighted by atomic mass is 10.3. The van der Waals surface area contributed by atoms with Crippen molar-refractivity contribution in [2.75, 3.05) is 23.8 Å². The molecular weight excluding hydrogens is 359 g/mol. The molecule has 0 aliphatic carbocycles. The molecule has 0 bridgehead atoms. The van der Waals surface area contributed by atoms with E-state index in [0.717, 1.165) is 4.31 Å². The first kappa shape index (κ1) is 16.8. The van der Waals surface area contributed by atoms with E-state index >= 15 is 0 Å². The highest BCUT2D eigenvalue weighted by atomic mass is 35.5. The van der Waals surface area contributed by atoms with Crippen LogP contribution in [0.5, 0.6) is 0 Å². The molecule has 10 heteroatoms. The van der Waals surface area contributed by atoms with Crippen LogP contribution in [0.25, 0.3) is 0 Å². The number of nitrogens with zero attached hydrogens (tertiary/aromatic N) is 1. The third kappa shape index (κ3) is 3.29. The van der Waals surface area contributed by atoms with Crippen molar-refractivity contribution in [3.63, 3.8) is 0 Å². The van der Waals surface area contributed by atoms with Gasteiger partial charge >= 0.3 is 0 Å². The number of anilines is 1. The zero-order valence-electron chi connectivity index (χ0n) is 11.1. The average Bonchev–Trinajstić information content (AvgIpc) is 2.24. The number of halogens is 2. The van der Waals surface area contributed by atoms with Crippen LogP contribution in [0.15, 0.2) is 17.0 Å². The van der Waals surface area contributed by atoms with E-state index in [-0.39, 0.29) is 38.7 Å². The van der Waals surface area contributed by atoms with Gasteiger partial charge in [-0.3, -0.25) is 0 Å². The molecular formula is C11H14Cl2N2O4S2. The van der Waals surface area contributed by atoms with Crippen molar-refractivity contribution >= 4 is 48.7 Å². The van der Waals surface area contributed by atoms with Gasteiger partial charge in [-0.25, -0.2) is 16.8 Å². The third-order valence-corrected chi connectivity index (χ3v) is 7.93. The second-order valence-electron chi connectivity index (χ2n) is 4.89. The van der Waals surface area contributed by atoms with Gasteiger partial charge in [0, 0.05) is 18.3 Å². The summed E-state index contributed by atoms with van der Waals surface area (Å²) < 4.78 is 49.6. The molecule has 21 heavy (non-hydrogen) atoms. The Kier molecular flexibility index (Phi) is 4.47. The first-order valence-corrected chi connectivity index (χ1v) is 10.0. The molecule has 1 fully saturated rings. The second-order valence-corrected chi connectivity index (χ2v) is 9.76. The summed E-state index contributed by atoms with van der Waals surface area (Å²) >= 11 is 11.9. The van der Waals surface area contributed by atoms with Crippen molar-refractivity contribution in [2.24, 2.45) is 0 Å². The lowest BCUT2D eigenvalue weighted by Crippen LogP contribution is -2.49. The molecule has 2 rings (SSSR count). The molecule has 0 amide bonds. The molecule has 1 aromatic carbocycles. The van der Waals surface area contributed by atoms with Gasteiger partial charge in [0.05, 0.1) is 21.6 Å². The van der Waals surface area contributed by atoms with Gasteiger partial charge in [-0.2, -0.15) is 4.31 Å². The van der Waals surface area contributed by atoms with Gasteiger partial charge < -0.3 is 5.73 Å². The lowest BCUT2D eigenvalue weighted by molar-refractivity contribution is 0.357. The SMILES string of the molecule is CC1CS(=O)(=O)CCN1S(=O)(=O)c1c(Cl)cc(N)cc1Cl. The molecule has 0 aromatic heterocycles. The predicted molar refractivity (Wildman–Crippen MR) is 82.9 cm³/mol. The Morgan fingerprint density at radius 3 is 2.29 bits per heavy atom. The van der Waals surface area contributed by atoms with Crippen LogP contribution < -0.4 is 5.73 Å². The van der Waals surface area contributed by atoms with E-state index in [0.29, 0.717) is 0 Å². The van der Waals surface area contributed by atoms with E-state index in [4.69, 9.17) is 28.9 Å². The van der Waals surface area contributed by atoms with Crippen LogP contribution in [0.1, 0.15) is 6.92 Å². The van der Waals surface area contributed by atoms with E-state index in [1.165, 1.54) is 19.1 Å². The average molecular weight is 373 g/mol. The van der Waals surface area contributed by atoms with Gasteiger partial charge in [0.1, 0.15) is 4.90 Å². The zero-order chi connectivity index (χ0) is 16.0. The van der Waals surface area contributed by atoms with Crippen molar-refractivity contribution < 1.29 is 16.8 Å². The molecule has 1 aromatic rings. The monoisotopic (exact) mass is 372 g/mol. The van der Waals surface area contributed by atoms with E-state index in [1.54, 1.807) is 0 Å². The Labute approximate surface area is 133 Å². The highest BCUT2D eigenvalue weighted by Gasteiger charge is 2.38. The second kappa shape index (κ2) is 5.58. The van der Waals surface area contributed by atoms with Crippen LogP contribution in [0.3, 0.4) is 0 Å². The van der Waals surface area contributed by atoms with Crippen LogP contribution in [0.4, 0.5) is 5.69 Å². The van der Waals surface area contributed by atoms with E-state index in [9.17, 15) is 16.8 Å². The number of hydrogen-bond acceptors (Lipinski definition) is 5. The van der Waals surface area contributed by atoms with Crippen molar-refractivity contribution in [3.05, 3.63) is 22.2 Å². The van der Waals surface area contributed by atoms with Crippen molar-refractivity contribution in [1.29, 1.82) is 0 Å². The largest absolute Gasteiger partial charge is 0.399 e. The molecule has 0 saturated carbocycles.